The van der Waals surface area contributed by atoms with E-state index in [2.05, 4.69) is 43.1 Å². The molecule has 0 aromatic carbocycles. The van der Waals surface area contributed by atoms with Crippen molar-refractivity contribution in [2.24, 2.45) is 13.0 Å². The molecule has 1 saturated heterocycles. The van der Waals surface area contributed by atoms with E-state index in [1.165, 1.54) is 18.4 Å². The molecule has 0 amide bonds. The number of aryl methyl sites for hydroxylation is 2. The summed E-state index contributed by atoms with van der Waals surface area (Å²) in [5, 5.41) is 8.17. The van der Waals surface area contributed by atoms with Crippen LogP contribution in [0.25, 0.3) is 0 Å². The minimum absolute atomic E-state index is 0.383. The number of hydrogen-bond donors (Lipinski definition) is 1. The van der Waals surface area contributed by atoms with E-state index in [0.29, 0.717) is 18.0 Å². The Hall–Kier alpha value is -1.07. The number of hydrogen-bond acceptors (Lipinski definition) is 4. The third-order valence-corrected chi connectivity index (χ3v) is 4.50. The van der Waals surface area contributed by atoms with Crippen molar-refractivity contribution >= 4 is 0 Å². The van der Waals surface area contributed by atoms with Crippen LogP contribution in [0.2, 0.25) is 0 Å². The lowest BCUT2D eigenvalue weighted by atomic mass is 9.84. The summed E-state index contributed by atoms with van der Waals surface area (Å²) in [6.07, 6.45) is 2.52. The monoisotopic (exact) mass is 294 g/mol. The number of rotatable bonds is 5. The van der Waals surface area contributed by atoms with E-state index in [-0.39, 0.29) is 0 Å². The highest BCUT2D eigenvalue weighted by molar-refractivity contribution is 5.35. The molecule has 1 fully saturated rings. The number of methoxy groups -OCH3 is 1. The van der Waals surface area contributed by atoms with Crippen molar-refractivity contribution in [1.29, 1.82) is 0 Å². The highest BCUT2D eigenvalue weighted by Crippen LogP contribution is 2.40. The Morgan fingerprint density at radius 2 is 2.10 bits per heavy atom. The average molecular weight is 294 g/mol. The highest BCUT2D eigenvalue weighted by Gasteiger charge is 2.35. The molecule has 0 radical (unpaired) electrons. The van der Waals surface area contributed by atoms with E-state index < -0.39 is 0 Å². The van der Waals surface area contributed by atoms with Crippen molar-refractivity contribution in [2.45, 2.75) is 45.7 Å². The van der Waals surface area contributed by atoms with E-state index in [1.807, 2.05) is 11.7 Å². The fraction of sp³-hybridized carbons (Fsp3) is 0.812. The molecule has 0 saturated carbocycles. The van der Waals surface area contributed by atoms with Crippen LogP contribution < -0.4 is 10.1 Å². The Morgan fingerprint density at radius 1 is 1.38 bits per heavy atom. The molecule has 2 atom stereocenters. The first-order chi connectivity index (χ1) is 9.95. The van der Waals surface area contributed by atoms with Gasteiger partial charge in [0.15, 0.2) is 0 Å². The van der Waals surface area contributed by atoms with E-state index in [1.54, 1.807) is 7.11 Å². The Labute approximate surface area is 128 Å². The van der Waals surface area contributed by atoms with Gasteiger partial charge in [0.2, 0.25) is 5.88 Å². The van der Waals surface area contributed by atoms with Gasteiger partial charge < -0.3 is 10.1 Å². The second kappa shape index (κ2) is 6.79. The van der Waals surface area contributed by atoms with E-state index in [0.717, 1.165) is 24.7 Å². The van der Waals surface area contributed by atoms with E-state index >= 15 is 0 Å². The van der Waals surface area contributed by atoms with E-state index in [9.17, 15) is 0 Å². The molecule has 1 aliphatic heterocycles. The van der Waals surface area contributed by atoms with Crippen molar-refractivity contribution < 1.29 is 4.74 Å². The lowest BCUT2D eigenvalue weighted by Crippen LogP contribution is -2.42. The molecule has 0 bridgehead atoms. The number of likely N-dealkylation sites (tertiary alicyclic amines) is 1. The minimum Gasteiger partial charge on any atom is -0.481 e. The van der Waals surface area contributed by atoms with Crippen LogP contribution in [-0.4, -0.2) is 48.0 Å². The molecule has 1 aromatic rings. The van der Waals surface area contributed by atoms with Gasteiger partial charge in [-0.1, -0.05) is 13.8 Å². The van der Waals surface area contributed by atoms with Crippen LogP contribution >= 0.6 is 0 Å². The van der Waals surface area contributed by atoms with Gasteiger partial charge in [-0.3, -0.25) is 4.90 Å². The molecule has 2 unspecified atom stereocenters. The van der Waals surface area contributed by atoms with Crippen LogP contribution in [0.1, 0.15) is 44.0 Å². The van der Waals surface area contributed by atoms with Crippen LogP contribution in [0.5, 0.6) is 5.88 Å². The predicted octanol–water partition coefficient (Wildman–Crippen LogP) is 2.12. The third-order valence-electron chi connectivity index (χ3n) is 4.50. The minimum atomic E-state index is 0.383. The van der Waals surface area contributed by atoms with Crippen molar-refractivity contribution in [3.05, 3.63) is 11.3 Å². The number of nitrogens with one attached hydrogen (secondary N) is 1. The average Bonchev–Trinajstić information content (AvgIpc) is 2.70. The molecule has 0 aliphatic carbocycles. The van der Waals surface area contributed by atoms with Gasteiger partial charge in [-0.05, 0) is 39.3 Å². The summed E-state index contributed by atoms with van der Waals surface area (Å²) in [7, 11) is 5.92. The molecule has 0 spiro atoms. The molecular formula is C16H30N4O. The van der Waals surface area contributed by atoms with Gasteiger partial charge in [0, 0.05) is 25.7 Å². The van der Waals surface area contributed by atoms with E-state index in [4.69, 9.17) is 4.74 Å². The fourth-order valence-electron chi connectivity index (χ4n) is 3.55. The zero-order valence-corrected chi connectivity index (χ0v) is 14.3. The molecule has 2 rings (SSSR count). The zero-order chi connectivity index (χ0) is 15.6. The lowest BCUT2D eigenvalue weighted by molar-refractivity contribution is 0.115. The van der Waals surface area contributed by atoms with Crippen LogP contribution in [0.4, 0.5) is 0 Å². The summed E-state index contributed by atoms with van der Waals surface area (Å²) < 4.78 is 7.49. The first-order valence-electron chi connectivity index (χ1n) is 7.96. The second-order valence-electron chi connectivity index (χ2n) is 6.52. The van der Waals surface area contributed by atoms with Crippen molar-refractivity contribution in [3.63, 3.8) is 0 Å². The maximum atomic E-state index is 5.63. The Balaban J connectivity index is 2.31. The standard InChI is InChI=1S/C16H30N4O/c1-11(2)17-10-13-8-7-9-19(4)15(13)14-12(3)18-20(5)16(14)21-6/h11,13,15,17H,7-10H2,1-6H3. The molecule has 5 nitrogen and oxygen atoms in total. The summed E-state index contributed by atoms with van der Waals surface area (Å²) in [5.74, 6) is 1.50. The normalized spacial score (nSPS) is 23.8. The summed E-state index contributed by atoms with van der Waals surface area (Å²) in [5.41, 5.74) is 2.35. The lowest BCUT2D eigenvalue weighted by Gasteiger charge is -2.40. The number of aromatic nitrogens is 2. The largest absolute Gasteiger partial charge is 0.481 e. The van der Waals surface area contributed by atoms with Gasteiger partial charge in [-0.2, -0.15) is 5.10 Å². The van der Waals surface area contributed by atoms with Gasteiger partial charge in [0.1, 0.15) is 0 Å². The van der Waals surface area contributed by atoms with Crippen LogP contribution in [0.3, 0.4) is 0 Å². The Bertz CT molecular complexity index is 469. The summed E-state index contributed by atoms with van der Waals surface area (Å²) >= 11 is 0. The summed E-state index contributed by atoms with van der Waals surface area (Å²) in [4.78, 5) is 2.46. The summed E-state index contributed by atoms with van der Waals surface area (Å²) in [6.45, 7) is 8.69. The molecular weight excluding hydrogens is 264 g/mol. The molecule has 1 N–H and O–H groups in total. The molecule has 5 heteroatoms. The predicted molar refractivity (Wildman–Crippen MR) is 85.7 cm³/mol. The Kier molecular flexibility index (Phi) is 5.27. The van der Waals surface area contributed by atoms with Crippen molar-refractivity contribution in [2.75, 3.05) is 27.2 Å². The Morgan fingerprint density at radius 3 is 2.71 bits per heavy atom. The first-order valence-corrected chi connectivity index (χ1v) is 7.96. The smallest absolute Gasteiger partial charge is 0.216 e. The molecule has 21 heavy (non-hydrogen) atoms. The molecule has 120 valence electrons. The van der Waals surface area contributed by atoms with Gasteiger partial charge in [-0.25, -0.2) is 4.68 Å². The van der Waals surface area contributed by atoms with Crippen LogP contribution in [0.15, 0.2) is 0 Å². The number of ether oxygens (including phenoxy) is 1. The topological polar surface area (TPSA) is 42.3 Å². The van der Waals surface area contributed by atoms with Gasteiger partial charge >= 0.3 is 0 Å². The van der Waals surface area contributed by atoms with Crippen LogP contribution in [0, 0.1) is 12.8 Å². The van der Waals surface area contributed by atoms with Gasteiger partial charge in [-0.15, -0.1) is 0 Å². The van der Waals surface area contributed by atoms with Crippen LogP contribution in [-0.2, 0) is 7.05 Å². The second-order valence-corrected chi connectivity index (χ2v) is 6.52. The maximum absolute atomic E-state index is 5.63. The third kappa shape index (κ3) is 3.40. The van der Waals surface area contributed by atoms with Crippen molar-refractivity contribution in [3.8, 4) is 5.88 Å². The highest BCUT2D eigenvalue weighted by atomic mass is 16.5. The zero-order valence-electron chi connectivity index (χ0n) is 14.3. The molecule has 1 aliphatic rings. The summed E-state index contributed by atoms with van der Waals surface area (Å²) in [6, 6.07) is 0.906. The van der Waals surface area contributed by atoms with Crippen molar-refractivity contribution in [1.82, 2.24) is 20.0 Å². The van der Waals surface area contributed by atoms with Gasteiger partial charge in [0.05, 0.1) is 18.4 Å². The quantitative estimate of drug-likeness (QED) is 0.903. The molecule has 2 heterocycles. The fourth-order valence-corrected chi connectivity index (χ4v) is 3.55. The first kappa shape index (κ1) is 16.3. The SMILES string of the molecule is COc1c(C2C(CNC(C)C)CCCN2C)c(C)nn1C. The number of nitrogens with zero attached hydrogens (tertiary/aromatic N) is 3. The maximum Gasteiger partial charge on any atom is 0.216 e. The molecule has 1 aromatic heterocycles. The van der Waals surface area contributed by atoms with Gasteiger partial charge in [0.25, 0.3) is 0 Å². The number of piperidine rings is 1.